The number of nitrogens with one attached hydrogen (secondary N) is 1. The summed E-state index contributed by atoms with van der Waals surface area (Å²) in [5, 5.41) is 2.68. The van der Waals surface area contributed by atoms with Crippen LogP contribution in [-0.2, 0) is 16.0 Å². The van der Waals surface area contributed by atoms with Gasteiger partial charge in [0.25, 0.3) is 5.91 Å². The Bertz CT molecular complexity index is 755. The van der Waals surface area contributed by atoms with Gasteiger partial charge in [0, 0.05) is 5.69 Å². The van der Waals surface area contributed by atoms with Crippen LogP contribution in [0.3, 0.4) is 0 Å². The Morgan fingerprint density at radius 1 is 1.08 bits per heavy atom. The van der Waals surface area contributed by atoms with Gasteiger partial charge in [-0.25, -0.2) is 4.79 Å². The third-order valence-corrected chi connectivity index (χ3v) is 3.59. The quantitative estimate of drug-likeness (QED) is 0.855. The number of hydrogen-bond donors (Lipinski definition) is 1. The third-order valence-electron chi connectivity index (χ3n) is 3.59. The molecule has 0 aromatic heterocycles. The zero-order valence-electron chi connectivity index (χ0n) is 13.2. The molecule has 24 heavy (non-hydrogen) atoms. The number of fused-ring (bicyclic) bond motifs is 1. The molecule has 2 aromatic carbocycles. The third kappa shape index (κ3) is 3.65. The van der Waals surface area contributed by atoms with Crippen LogP contribution in [0.1, 0.15) is 22.8 Å². The second-order valence-corrected chi connectivity index (χ2v) is 5.24. The molecule has 6 nitrogen and oxygen atoms in total. The second kappa shape index (κ2) is 7.04. The Kier molecular flexibility index (Phi) is 4.65. The Morgan fingerprint density at radius 3 is 2.58 bits per heavy atom. The highest BCUT2D eigenvalue weighted by Crippen LogP contribution is 2.32. The van der Waals surface area contributed by atoms with Gasteiger partial charge in [-0.3, -0.25) is 4.79 Å². The van der Waals surface area contributed by atoms with Crippen LogP contribution in [0.25, 0.3) is 0 Å². The van der Waals surface area contributed by atoms with E-state index in [0.29, 0.717) is 22.7 Å². The zero-order chi connectivity index (χ0) is 16.9. The lowest BCUT2D eigenvalue weighted by atomic mass is 10.1. The topological polar surface area (TPSA) is 73.9 Å². The van der Waals surface area contributed by atoms with Gasteiger partial charge in [0.2, 0.25) is 6.79 Å². The van der Waals surface area contributed by atoms with Crippen molar-refractivity contribution < 1.29 is 23.8 Å². The number of hydrogen-bond acceptors (Lipinski definition) is 5. The molecule has 124 valence electrons. The first-order chi connectivity index (χ1) is 11.7. The Hall–Kier alpha value is -3.02. The predicted octanol–water partition coefficient (Wildman–Crippen LogP) is 2.77. The van der Waals surface area contributed by atoms with Crippen LogP contribution in [0.4, 0.5) is 5.69 Å². The molecule has 0 spiro atoms. The lowest BCUT2D eigenvalue weighted by Crippen LogP contribution is -2.20. The fraction of sp³-hybridized carbons (Fsp3) is 0.222. The number of anilines is 1. The van der Waals surface area contributed by atoms with Crippen LogP contribution in [0.2, 0.25) is 0 Å². The maximum atomic E-state index is 12.0. The summed E-state index contributed by atoms with van der Waals surface area (Å²) in [5.41, 5.74) is 2.15. The van der Waals surface area contributed by atoms with Gasteiger partial charge in [-0.05, 0) is 42.3 Å². The van der Waals surface area contributed by atoms with E-state index < -0.39 is 11.9 Å². The summed E-state index contributed by atoms with van der Waals surface area (Å²) < 4.78 is 15.4. The first-order valence-corrected chi connectivity index (χ1v) is 7.61. The summed E-state index contributed by atoms with van der Waals surface area (Å²) in [6.45, 7) is 1.83. The fourth-order valence-corrected chi connectivity index (χ4v) is 2.26. The summed E-state index contributed by atoms with van der Waals surface area (Å²) in [4.78, 5) is 23.8. The van der Waals surface area contributed by atoms with E-state index in [2.05, 4.69) is 12.2 Å². The monoisotopic (exact) mass is 327 g/mol. The first-order valence-electron chi connectivity index (χ1n) is 7.61. The van der Waals surface area contributed by atoms with E-state index in [1.807, 2.05) is 24.3 Å². The largest absolute Gasteiger partial charge is 0.454 e. The predicted molar refractivity (Wildman–Crippen MR) is 87.3 cm³/mol. The molecule has 6 heteroatoms. The van der Waals surface area contributed by atoms with Crippen molar-refractivity contribution in [2.24, 2.45) is 0 Å². The van der Waals surface area contributed by atoms with Gasteiger partial charge in [-0.2, -0.15) is 0 Å². The molecule has 1 aliphatic rings. The molecular formula is C18H17NO5. The number of carbonyl (C=O) groups excluding carboxylic acids is 2. The van der Waals surface area contributed by atoms with Gasteiger partial charge < -0.3 is 19.5 Å². The lowest BCUT2D eigenvalue weighted by molar-refractivity contribution is -0.119. The second-order valence-electron chi connectivity index (χ2n) is 5.24. The van der Waals surface area contributed by atoms with Crippen molar-refractivity contribution in [3.05, 3.63) is 53.6 Å². The first kappa shape index (κ1) is 15.9. The molecule has 1 heterocycles. The summed E-state index contributed by atoms with van der Waals surface area (Å²) >= 11 is 0. The van der Waals surface area contributed by atoms with Crippen LogP contribution in [0.15, 0.2) is 42.5 Å². The number of esters is 1. The van der Waals surface area contributed by atoms with Crippen molar-refractivity contribution in [1.29, 1.82) is 0 Å². The minimum Gasteiger partial charge on any atom is -0.454 e. The molecule has 0 radical (unpaired) electrons. The summed E-state index contributed by atoms with van der Waals surface area (Å²) in [5.74, 6) is 0.0860. The van der Waals surface area contributed by atoms with Crippen molar-refractivity contribution in [2.45, 2.75) is 13.3 Å². The molecule has 0 unspecified atom stereocenters. The van der Waals surface area contributed by atoms with Gasteiger partial charge in [-0.15, -0.1) is 0 Å². The molecule has 0 saturated heterocycles. The smallest absolute Gasteiger partial charge is 0.338 e. The maximum Gasteiger partial charge on any atom is 0.338 e. The molecule has 0 fully saturated rings. The van der Waals surface area contributed by atoms with Crippen LogP contribution in [0, 0.1) is 0 Å². The lowest BCUT2D eigenvalue weighted by Gasteiger charge is -2.07. The van der Waals surface area contributed by atoms with Crippen molar-refractivity contribution in [1.82, 2.24) is 0 Å². The van der Waals surface area contributed by atoms with Crippen molar-refractivity contribution in [3.63, 3.8) is 0 Å². The molecule has 0 bridgehead atoms. The highest BCUT2D eigenvalue weighted by Gasteiger charge is 2.17. The Morgan fingerprint density at radius 2 is 1.83 bits per heavy atom. The van der Waals surface area contributed by atoms with Gasteiger partial charge in [-0.1, -0.05) is 19.1 Å². The van der Waals surface area contributed by atoms with Crippen molar-refractivity contribution in [2.75, 3.05) is 18.7 Å². The minimum atomic E-state index is -0.593. The average molecular weight is 327 g/mol. The minimum absolute atomic E-state index is 0.132. The van der Waals surface area contributed by atoms with Crippen LogP contribution in [-0.4, -0.2) is 25.3 Å². The van der Waals surface area contributed by atoms with Crippen LogP contribution >= 0.6 is 0 Å². The molecule has 0 saturated carbocycles. The Labute approximate surface area is 139 Å². The summed E-state index contributed by atoms with van der Waals surface area (Å²) in [7, 11) is 0. The number of ether oxygens (including phenoxy) is 3. The normalized spacial score (nSPS) is 11.9. The van der Waals surface area contributed by atoms with Crippen molar-refractivity contribution in [3.8, 4) is 11.5 Å². The molecule has 0 atom stereocenters. The molecule has 1 N–H and O–H groups in total. The summed E-state index contributed by atoms with van der Waals surface area (Å²) in [6.07, 6.45) is 0.932. The number of aryl methyl sites for hydroxylation is 1. The number of carbonyl (C=O) groups is 2. The van der Waals surface area contributed by atoms with E-state index in [1.54, 1.807) is 12.1 Å². The number of rotatable bonds is 5. The zero-order valence-corrected chi connectivity index (χ0v) is 13.2. The van der Waals surface area contributed by atoms with E-state index >= 15 is 0 Å². The van der Waals surface area contributed by atoms with Gasteiger partial charge in [0.05, 0.1) is 5.56 Å². The summed E-state index contributed by atoms with van der Waals surface area (Å²) in [6, 6.07) is 12.2. The molecule has 1 amide bonds. The number of benzene rings is 2. The SMILES string of the molecule is CCc1ccc(NC(=O)COC(=O)c2ccc3c(c2)OCO3)cc1. The van der Waals surface area contributed by atoms with Gasteiger partial charge in [0.1, 0.15) is 0 Å². The van der Waals surface area contributed by atoms with Crippen LogP contribution in [0.5, 0.6) is 11.5 Å². The standard InChI is InChI=1S/C18H17NO5/c1-2-12-3-6-14(7-4-12)19-17(20)10-22-18(21)13-5-8-15-16(9-13)24-11-23-15/h3-9H,2,10-11H2,1H3,(H,19,20). The highest BCUT2D eigenvalue weighted by molar-refractivity contribution is 5.95. The van der Waals surface area contributed by atoms with E-state index in [1.165, 1.54) is 11.6 Å². The van der Waals surface area contributed by atoms with Gasteiger partial charge >= 0.3 is 5.97 Å². The average Bonchev–Trinajstić information content (AvgIpc) is 3.08. The van der Waals surface area contributed by atoms with E-state index in [0.717, 1.165) is 6.42 Å². The molecule has 1 aliphatic heterocycles. The van der Waals surface area contributed by atoms with Gasteiger partial charge in [0.15, 0.2) is 18.1 Å². The van der Waals surface area contributed by atoms with E-state index in [-0.39, 0.29) is 13.4 Å². The molecule has 0 aliphatic carbocycles. The van der Waals surface area contributed by atoms with Crippen molar-refractivity contribution >= 4 is 17.6 Å². The van der Waals surface area contributed by atoms with E-state index in [9.17, 15) is 9.59 Å². The van der Waals surface area contributed by atoms with E-state index in [4.69, 9.17) is 14.2 Å². The Balaban J connectivity index is 1.52. The number of amides is 1. The molecule has 2 aromatic rings. The molecule has 3 rings (SSSR count). The highest BCUT2D eigenvalue weighted by atomic mass is 16.7. The maximum absolute atomic E-state index is 12.0. The molecular weight excluding hydrogens is 310 g/mol. The van der Waals surface area contributed by atoms with Crippen LogP contribution < -0.4 is 14.8 Å². The fourth-order valence-electron chi connectivity index (χ4n) is 2.26.